The lowest BCUT2D eigenvalue weighted by atomic mass is 10.2. The number of hydrogen-bond acceptors (Lipinski definition) is 1. The Balaban J connectivity index is 0.000001000. The summed E-state index contributed by atoms with van der Waals surface area (Å²) in [5.41, 5.74) is 0.299. The van der Waals surface area contributed by atoms with Gasteiger partial charge in [-0.05, 0) is 5.56 Å². The zero-order chi connectivity index (χ0) is 7.40. The van der Waals surface area contributed by atoms with Crippen LogP contribution < -0.4 is 0 Å². The van der Waals surface area contributed by atoms with E-state index >= 15 is 0 Å². The van der Waals surface area contributed by atoms with Crippen LogP contribution in [0.5, 0.6) is 0 Å². The van der Waals surface area contributed by atoms with E-state index < -0.39 is 5.56 Å². The zero-order valence-electron chi connectivity index (χ0n) is 5.90. The van der Waals surface area contributed by atoms with Crippen molar-refractivity contribution in [2.45, 2.75) is 12.0 Å². The fourth-order valence-electron chi connectivity index (χ4n) is 0.809. The molecule has 0 spiro atoms. The summed E-state index contributed by atoms with van der Waals surface area (Å²) in [6.45, 7) is 0. The van der Waals surface area contributed by atoms with Crippen LogP contribution in [0.4, 0.5) is 0 Å². The zero-order valence-corrected chi connectivity index (χ0v) is 7.48. The van der Waals surface area contributed by atoms with Crippen LogP contribution in [0.3, 0.4) is 0 Å². The summed E-state index contributed by atoms with van der Waals surface area (Å²) >= 11 is 5.37. The SMILES string of the molecule is Cl.OC(Cl)Cc1ccccc1. The van der Waals surface area contributed by atoms with Gasteiger partial charge in [0.1, 0.15) is 5.56 Å². The van der Waals surface area contributed by atoms with Crippen LogP contribution in [-0.2, 0) is 6.42 Å². The van der Waals surface area contributed by atoms with E-state index in [1.165, 1.54) is 0 Å². The molecule has 1 rings (SSSR count). The molecule has 1 unspecified atom stereocenters. The van der Waals surface area contributed by atoms with Crippen LogP contribution in [0.2, 0.25) is 0 Å². The summed E-state index contributed by atoms with van der Waals surface area (Å²) in [6, 6.07) is 9.66. The van der Waals surface area contributed by atoms with Crippen molar-refractivity contribution in [3.63, 3.8) is 0 Å². The smallest absolute Gasteiger partial charge is 0.132 e. The van der Waals surface area contributed by atoms with Gasteiger partial charge in [0.2, 0.25) is 0 Å². The molecule has 0 saturated heterocycles. The molecule has 0 saturated carbocycles. The Hall–Kier alpha value is -0.240. The fourth-order valence-corrected chi connectivity index (χ4v) is 0.987. The highest BCUT2D eigenvalue weighted by atomic mass is 35.5. The first kappa shape index (κ1) is 10.8. The average Bonchev–Trinajstić information content (AvgIpc) is 1.88. The number of aliphatic hydroxyl groups is 1. The molecule has 11 heavy (non-hydrogen) atoms. The Labute approximate surface area is 77.4 Å². The summed E-state index contributed by atoms with van der Waals surface area (Å²) in [5, 5.41) is 8.77. The predicted molar refractivity (Wildman–Crippen MR) is 49.3 cm³/mol. The van der Waals surface area contributed by atoms with Crippen molar-refractivity contribution >= 4 is 24.0 Å². The van der Waals surface area contributed by atoms with Gasteiger partial charge in [-0.25, -0.2) is 0 Å². The standard InChI is InChI=1S/C8H9ClO.ClH/c9-8(10)6-7-4-2-1-3-5-7;/h1-5,8,10H,6H2;1H. The van der Waals surface area contributed by atoms with Crippen LogP contribution >= 0.6 is 24.0 Å². The molecule has 0 aliphatic rings. The van der Waals surface area contributed by atoms with Gasteiger partial charge < -0.3 is 5.11 Å². The minimum Gasteiger partial charge on any atom is -0.377 e. The topological polar surface area (TPSA) is 20.2 Å². The lowest BCUT2D eigenvalue weighted by Gasteiger charge is -2.00. The van der Waals surface area contributed by atoms with Crippen LogP contribution in [0.15, 0.2) is 30.3 Å². The van der Waals surface area contributed by atoms with Crippen LogP contribution in [0.25, 0.3) is 0 Å². The van der Waals surface area contributed by atoms with Crippen LogP contribution in [0.1, 0.15) is 5.56 Å². The van der Waals surface area contributed by atoms with E-state index in [0.29, 0.717) is 6.42 Å². The van der Waals surface area contributed by atoms with E-state index in [1.807, 2.05) is 30.3 Å². The molecule has 0 fully saturated rings. The van der Waals surface area contributed by atoms with E-state index in [1.54, 1.807) is 0 Å². The molecule has 0 bridgehead atoms. The summed E-state index contributed by atoms with van der Waals surface area (Å²) in [4.78, 5) is 0. The maximum atomic E-state index is 8.77. The Morgan fingerprint density at radius 2 is 1.82 bits per heavy atom. The van der Waals surface area contributed by atoms with Crippen molar-refractivity contribution in [3.05, 3.63) is 35.9 Å². The van der Waals surface area contributed by atoms with E-state index in [2.05, 4.69) is 0 Å². The molecule has 1 N–H and O–H groups in total. The van der Waals surface area contributed by atoms with Gasteiger partial charge in [-0.3, -0.25) is 0 Å². The van der Waals surface area contributed by atoms with E-state index in [0.717, 1.165) is 5.56 Å². The fraction of sp³-hybridized carbons (Fsp3) is 0.250. The molecule has 1 aromatic carbocycles. The summed E-state index contributed by atoms with van der Waals surface area (Å²) in [6.07, 6.45) is 0.516. The molecule has 1 atom stereocenters. The van der Waals surface area contributed by atoms with Gasteiger partial charge in [-0.15, -0.1) is 12.4 Å². The highest BCUT2D eigenvalue weighted by molar-refractivity contribution is 6.19. The second-order valence-electron chi connectivity index (χ2n) is 2.12. The van der Waals surface area contributed by atoms with Gasteiger partial charge in [0, 0.05) is 6.42 Å². The van der Waals surface area contributed by atoms with Crippen LogP contribution in [0, 0.1) is 0 Å². The molecular formula is C8H10Cl2O. The summed E-state index contributed by atoms with van der Waals surface area (Å²) < 4.78 is 0. The maximum Gasteiger partial charge on any atom is 0.132 e. The molecule has 62 valence electrons. The quantitative estimate of drug-likeness (QED) is 0.714. The van der Waals surface area contributed by atoms with Gasteiger partial charge in [-0.1, -0.05) is 41.9 Å². The molecule has 0 aliphatic heterocycles. The van der Waals surface area contributed by atoms with Gasteiger partial charge in [0.05, 0.1) is 0 Å². The number of halogens is 2. The normalized spacial score (nSPS) is 11.8. The number of aliphatic hydroxyl groups excluding tert-OH is 1. The van der Waals surface area contributed by atoms with Crippen molar-refractivity contribution in [1.29, 1.82) is 0 Å². The molecule has 1 aromatic rings. The van der Waals surface area contributed by atoms with E-state index in [-0.39, 0.29) is 12.4 Å². The van der Waals surface area contributed by atoms with Crippen molar-refractivity contribution in [1.82, 2.24) is 0 Å². The van der Waals surface area contributed by atoms with Gasteiger partial charge in [0.15, 0.2) is 0 Å². The summed E-state index contributed by atoms with van der Waals surface area (Å²) in [7, 11) is 0. The van der Waals surface area contributed by atoms with Crippen molar-refractivity contribution in [3.8, 4) is 0 Å². The molecule has 0 radical (unpaired) electrons. The third-order valence-corrected chi connectivity index (χ3v) is 1.40. The second-order valence-corrected chi connectivity index (χ2v) is 2.63. The molecule has 3 heteroatoms. The van der Waals surface area contributed by atoms with Crippen molar-refractivity contribution in [2.75, 3.05) is 0 Å². The number of rotatable bonds is 2. The van der Waals surface area contributed by atoms with Gasteiger partial charge in [0.25, 0.3) is 0 Å². The Kier molecular flexibility index (Phi) is 5.30. The second kappa shape index (κ2) is 5.42. The number of alkyl halides is 1. The highest BCUT2D eigenvalue weighted by Gasteiger charge is 1.97. The monoisotopic (exact) mass is 192 g/mol. The minimum absolute atomic E-state index is 0. The third-order valence-electron chi connectivity index (χ3n) is 1.25. The summed E-state index contributed by atoms with van der Waals surface area (Å²) in [5.74, 6) is 0. The first-order chi connectivity index (χ1) is 4.79. The Bertz CT molecular complexity index is 187. The van der Waals surface area contributed by atoms with Crippen LogP contribution in [-0.4, -0.2) is 10.7 Å². The minimum atomic E-state index is -0.762. The van der Waals surface area contributed by atoms with E-state index in [9.17, 15) is 0 Å². The Morgan fingerprint density at radius 3 is 2.27 bits per heavy atom. The lowest BCUT2D eigenvalue weighted by molar-refractivity contribution is 0.257. The molecule has 0 aliphatic carbocycles. The third kappa shape index (κ3) is 4.25. The van der Waals surface area contributed by atoms with Crippen molar-refractivity contribution in [2.24, 2.45) is 0 Å². The first-order valence-corrected chi connectivity index (χ1v) is 3.59. The molecule has 1 nitrogen and oxygen atoms in total. The van der Waals surface area contributed by atoms with Gasteiger partial charge >= 0.3 is 0 Å². The number of hydrogen-bond donors (Lipinski definition) is 1. The largest absolute Gasteiger partial charge is 0.377 e. The van der Waals surface area contributed by atoms with Crippen molar-refractivity contribution < 1.29 is 5.11 Å². The maximum absolute atomic E-state index is 8.77. The lowest BCUT2D eigenvalue weighted by Crippen LogP contribution is -1.99. The molecule has 0 amide bonds. The molecule has 0 heterocycles. The molecule has 0 aromatic heterocycles. The predicted octanol–water partition coefficient (Wildman–Crippen LogP) is 2.21. The van der Waals surface area contributed by atoms with Gasteiger partial charge in [-0.2, -0.15) is 0 Å². The highest BCUT2D eigenvalue weighted by Crippen LogP contribution is 2.04. The molecular weight excluding hydrogens is 183 g/mol. The first-order valence-electron chi connectivity index (χ1n) is 3.15. The average molecular weight is 193 g/mol. The Morgan fingerprint density at radius 1 is 1.27 bits per heavy atom. The number of benzene rings is 1. The van der Waals surface area contributed by atoms with E-state index in [4.69, 9.17) is 16.7 Å².